The molecule has 0 aromatic carbocycles. The molecule has 1 aliphatic heterocycles. The van der Waals surface area contributed by atoms with Crippen molar-refractivity contribution < 1.29 is 13.6 Å². The summed E-state index contributed by atoms with van der Waals surface area (Å²) in [5, 5.41) is 6.10. The first-order valence-electron chi connectivity index (χ1n) is 12.6. The first-order valence-corrected chi connectivity index (χ1v) is 12.9. The fourth-order valence-corrected chi connectivity index (χ4v) is 5.51. The van der Waals surface area contributed by atoms with E-state index < -0.39 is 12.0 Å². The molecule has 9 heteroatoms. The summed E-state index contributed by atoms with van der Waals surface area (Å²) >= 11 is 6.20. The molecule has 0 N–H and O–H groups in total. The van der Waals surface area contributed by atoms with E-state index in [1.807, 2.05) is 26.0 Å². The predicted molar refractivity (Wildman–Crippen MR) is 136 cm³/mol. The SMILES string of the molecule is Cc1c(-c2cc3ccc(Cl)nc3n2CC2CC2)nn2cc(C(=O)N3C[C@H](C)CC[C@@H](F)C3)cc(F)c12. The lowest BCUT2D eigenvalue weighted by molar-refractivity contribution is 0.0709. The van der Waals surface area contributed by atoms with Gasteiger partial charge in [-0.15, -0.1) is 0 Å². The van der Waals surface area contributed by atoms with Gasteiger partial charge in [-0.2, -0.15) is 5.10 Å². The van der Waals surface area contributed by atoms with Crippen molar-refractivity contribution in [2.24, 2.45) is 11.8 Å². The normalized spacial score (nSPS) is 20.9. The highest BCUT2D eigenvalue weighted by Gasteiger charge is 2.29. The largest absolute Gasteiger partial charge is 0.335 e. The van der Waals surface area contributed by atoms with Gasteiger partial charge in [0.2, 0.25) is 0 Å². The molecule has 188 valence electrons. The molecule has 4 aromatic heterocycles. The molecule has 4 aromatic rings. The number of fused-ring (bicyclic) bond motifs is 2. The molecule has 0 spiro atoms. The molecule has 0 bridgehead atoms. The molecule has 2 atom stereocenters. The number of rotatable bonds is 4. The quantitative estimate of drug-likeness (QED) is 0.312. The Balaban J connectivity index is 1.44. The molecule has 2 aliphatic rings. The maximum absolute atomic E-state index is 15.4. The van der Waals surface area contributed by atoms with Crippen LogP contribution in [0.4, 0.5) is 8.78 Å². The topological polar surface area (TPSA) is 55.4 Å². The summed E-state index contributed by atoms with van der Waals surface area (Å²) in [4.78, 5) is 19.3. The average Bonchev–Trinajstić information content (AvgIpc) is 3.55. The van der Waals surface area contributed by atoms with Crippen molar-refractivity contribution in [1.29, 1.82) is 0 Å². The molecule has 1 aliphatic carbocycles. The van der Waals surface area contributed by atoms with E-state index >= 15 is 4.39 Å². The molecule has 36 heavy (non-hydrogen) atoms. The zero-order valence-corrected chi connectivity index (χ0v) is 21.1. The predicted octanol–water partition coefficient (Wildman–Crippen LogP) is 6.07. The van der Waals surface area contributed by atoms with Crippen molar-refractivity contribution in [3.05, 3.63) is 52.6 Å². The van der Waals surface area contributed by atoms with E-state index in [1.165, 1.54) is 28.3 Å². The third-order valence-electron chi connectivity index (χ3n) is 7.46. The van der Waals surface area contributed by atoms with Gasteiger partial charge >= 0.3 is 0 Å². The summed E-state index contributed by atoms with van der Waals surface area (Å²) in [6, 6.07) is 6.95. The highest BCUT2D eigenvalue weighted by atomic mass is 35.5. The van der Waals surface area contributed by atoms with Crippen molar-refractivity contribution in [1.82, 2.24) is 24.1 Å². The number of hydrogen-bond acceptors (Lipinski definition) is 3. The van der Waals surface area contributed by atoms with E-state index in [9.17, 15) is 9.18 Å². The Morgan fingerprint density at radius 2 is 1.97 bits per heavy atom. The van der Waals surface area contributed by atoms with E-state index in [1.54, 1.807) is 12.3 Å². The molecule has 6 nitrogen and oxygen atoms in total. The van der Waals surface area contributed by atoms with Crippen LogP contribution in [0.25, 0.3) is 27.9 Å². The van der Waals surface area contributed by atoms with Gasteiger partial charge in [0.05, 0.1) is 17.8 Å². The van der Waals surface area contributed by atoms with Crippen molar-refractivity contribution in [2.75, 3.05) is 13.1 Å². The number of likely N-dealkylation sites (tertiary alicyclic amines) is 1. The number of carbonyl (C=O) groups excluding carboxylic acids is 1. The van der Waals surface area contributed by atoms with Crippen LogP contribution in [0.5, 0.6) is 0 Å². The van der Waals surface area contributed by atoms with Crippen LogP contribution in [0.3, 0.4) is 0 Å². The van der Waals surface area contributed by atoms with Gasteiger partial charge in [0.1, 0.15) is 34.0 Å². The van der Waals surface area contributed by atoms with Gasteiger partial charge in [-0.3, -0.25) is 4.79 Å². The van der Waals surface area contributed by atoms with Crippen LogP contribution in [0.2, 0.25) is 5.15 Å². The number of amides is 1. The van der Waals surface area contributed by atoms with Gasteiger partial charge in [0, 0.05) is 30.2 Å². The molecular formula is C27H28ClF2N5O. The Hall–Kier alpha value is -3.00. The van der Waals surface area contributed by atoms with Gasteiger partial charge in [-0.05, 0) is 68.7 Å². The van der Waals surface area contributed by atoms with Gasteiger partial charge in [-0.25, -0.2) is 18.3 Å². The second kappa shape index (κ2) is 8.83. The third-order valence-corrected chi connectivity index (χ3v) is 7.68. The number of aryl methyl sites for hydroxylation is 1. The maximum atomic E-state index is 15.4. The Bertz CT molecular complexity index is 1480. The van der Waals surface area contributed by atoms with Crippen LogP contribution >= 0.6 is 11.6 Å². The van der Waals surface area contributed by atoms with Gasteiger partial charge < -0.3 is 9.47 Å². The van der Waals surface area contributed by atoms with Crippen LogP contribution < -0.4 is 0 Å². The monoisotopic (exact) mass is 511 g/mol. The second-order valence-corrected chi connectivity index (χ2v) is 10.9. The smallest absolute Gasteiger partial charge is 0.255 e. The maximum Gasteiger partial charge on any atom is 0.255 e. The number of alkyl halides is 1. The van der Waals surface area contributed by atoms with Crippen molar-refractivity contribution in [3.8, 4) is 11.4 Å². The van der Waals surface area contributed by atoms with Crippen LogP contribution in [-0.2, 0) is 6.54 Å². The third kappa shape index (κ3) is 4.15. The van der Waals surface area contributed by atoms with E-state index in [0.717, 1.165) is 29.7 Å². The molecule has 6 rings (SSSR count). The van der Waals surface area contributed by atoms with E-state index in [0.29, 0.717) is 40.8 Å². The average molecular weight is 512 g/mol. The summed E-state index contributed by atoms with van der Waals surface area (Å²) in [6.45, 7) is 5.13. The fourth-order valence-electron chi connectivity index (χ4n) is 5.36. The van der Waals surface area contributed by atoms with Crippen LogP contribution in [-0.4, -0.2) is 49.2 Å². The number of hydrogen-bond donors (Lipinski definition) is 0. The Kier molecular flexibility index (Phi) is 5.74. The number of aromatic nitrogens is 4. The van der Waals surface area contributed by atoms with Crippen LogP contribution in [0.15, 0.2) is 30.5 Å². The molecular weight excluding hydrogens is 484 g/mol. The Morgan fingerprint density at radius 1 is 1.17 bits per heavy atom. The van der Waals surface area contributed by atoms with E-state index in [2.05, 4.69) is 9.55 Å². The Morgan fingerprint density at radius 3 is 2.75 bits per heavy atom. The molecule has 5 heterocycles. The van der Waals surface area contributed by atoms with Gasteiger partial charge in [0.25, 0.3) is 5.91 Å². The summed E-state index contributed by atoms with van der Waals surface area (Å²) in [7, 11) is 0. The zero-order valence-electron chi connectivity index (χ0n) is 20.3. The minimum atomic E-state index is -1.07. The standard InChI is InChI=1S/C27H28ClF2N5O/c1-15-3-7-20(29)14-33(11-15)27(36)19-9-21(30)25-16(2)24(32-35(25)13-19)22-10-18-6-8-23(28)31-26(18)34(22)12-17-4-5-17/h6,8-10,13,15,17,20H,3-5,7,11-12,14H2,1-2H3/t15-,20-/m1/s1. The lowest BCUT2D eigenvalue weighted by Gasteiger charge is -2.23. The van der Waals surface area contributed by atoms with Crippen LogP contribution in [0, 0.1) is 24.6 Å². The zero-order chi connectivity index (χ0) is 25.1. The highest BCUT2D eigenvalue weighted by molar-refractivity contribution is 6.29. The van der Waals surface area contributed by atoms with Crippen LogP contribution in [0.1, 0.15) is 48.5 Å². The molecule has 0 radical (unpaired) electrons. The Labute approximate surface area is 212 Å². The van der Waals surface area contributed by atoms with Gasteiger partial charge in [0.15, 0.2) is 0 Å². The minimum absolute atomic E-state index is 0.0308. The van der Waals surface area contributed by atoms with Crippen molar-refractivity contribution in [3.63, 3.8) is 0 Å². The number of halogens is 3. The molecule has 1 saturated carbocycles. The summed E-state index contributed by atoms with van der Waals surface area (Å²) in [6.07, 6.45) is 3.99. The first kappa shape index (κ1) is 23.4. The summed E-state index contributed by atoms with van der Waals surface area (Å²) < 4.78 is 33.3. The number of carbonyl (C=O) groups is 1. The molecule has 1 saturated heterocycles. The molecule has 2 fully saturated rings. The first-order chi connectivity index (χ1) is 17.3. The lowest BCUT2D eigenvalue weighted by Crippen LogP contribution is -2.37. The van der Waals surface area contributed by atoms with E-state index in [4.69, 9.17) is 16.7 Å². The fraction of sp³-hybridized carbons (Fsp3) is 0.444. The lowest BCUT2D eigenvalue weighted by atomic mass is 10.1. The summed E-state index contributed by atoms with van der Waals surface area (Å²) in [5.74, 6) is -0.127. The van der Waals surface area contributed by atoms with Crippen molar-refractivity contribution >= 4 is 34.1 Å². The van der Waals surface area contributed by atoms with Crippen molar-refractivity contribution in [2.45, 2.75) is 52.2 Å². The number of pyridine rings is 2. The highest BCUT2D eigenvalue weighted by Crippen LogP contribution is 2.37. The second-order valence-electron chi connectivity index (χ2n) is 10.5. The summed E-state index contributed by atoms with van der Waals surface area (Å²) in [5.41, 5.74) is 3.45. The molecule has 1 amide bonds. The molecule has 0 unspecified atom stereocenters. The number of nitrogens with zero attached hydrogens (tertiary/aromatic N) is 5. The van der Waals surface area contributed by atoms with E-state index in [-0.39, 0.29) is 23.9 Å². The van der Waals surface area contributed by atoms with Gasteiger partial charge in [-0.1, -0.05) is 18.5 Å². The minimum Gasteiger partial charge on any atom is -0.335 e.